The number of carboxylic acid groups (broad SMARTS) is 1. The Morgan fingerprint density at radius 3 is 2.24 bits per heavy atom. The predicted molar refractivity (Wildman–Crippen MR) is 111 cm³/mol. The van der Waals surface area contributed by atoms with Crippen LogP contribution in [0.15, 0.2) is 24.3 Å². The summed E-state index contributed by atoms with van der Waals surface area (Å²) in [5.41, 5.74) is 0.859. The molecule has 0 spiro atoms. The van der Waals surface area contributed by atoms with E-state index in [1.54, 1.807) is 24.0 Å². The minimum atomic E-state index is -0.970. The van der Waals surface area contributed by atoms with Crippen LogP contribution in [0.3, 0.4) is 0 Å². The molecule has 164 valence electrons. The summed E-state index contributed by atoms with van der Waals surface area (Å²) in [4.78, 5) is 25.1. The lowest BCUT2D eigenvalue weighted by molar-refractivity contribution is -0.149. The Bertz CT molecular complexity index is 614. The molecule has 0 aromatic heterocycles. The minimum absolute atomic E-state index is 0.163. The summed E-state index contributed by atoms with van der Waals surface area (Å²) in [6.07, 6.45) is -0.146. The molecule has 1 aromatic carbocycles. The maximum Gasteiger partial charge on any atom is 0.410 e. The number of benzene rings is 1. The first kappa shape index (κ1) is 24.8. The molecule has 7 nitrogen and oxygen atoms in total. The van der Waals surface area contributed by atoms with Crippen molar-refractivity contribution in [1.29, 1.82) is 0 Å². The third kappa shape index (κ3) is 10.2. The van der Waals surface area contributed by atoms with E-state index in [1.807, 2.05) is 26.0 Å². The molecule has 0 saturated heterocycles. The second kappa shape index (κ2) is 13.0. The Balaban J connectivity index is 2.57. The summed E-state index contributed by atoms with van der Waals surface area (Å²) in [5, 5.41) is 9.17. The summed E-state index contributed by atoms with van der Waals surface area (Å²) >= 11 is 0. The van der Waals surface area contributed by atoms with Crippen LogP contribution >= 0.6 is 0 Å². The van der Waals surface area contributed by atoms with Crippen LogP contribution in [-0.4, -0.2) is 60.6 Å². The molecule has 29 heavy (non-hydrogen) atoms. The van der Waals surface area contributed by atoms with Gasteiger partial charge >= 0.3 is 12.1 Å². The van der Waals surface area contributed by atoms with Crippen LogP contribution in [0.5, 0.6) is 5.75 Å². The molecule has 1 amide bonds. The quantitative estimate of drug-likeness (QED) is 0.530. The lowest BCUT2D eigenvalue weighted by Crippen LogP contribution is -2.37. The fourth-order valence-electron chi connectivity index (χ4n) is 2.61. The number of ether oxygens (including phenoxy) is 3. The van der Waals surface area contributed by atoms with Gasteiger partial charge in [-0.3, -0.25) is 0 Å². The highest BCUT2D eigenvalue weighted by Crippen LogP contribution is 2.15. The Morgan fingerprint density at radius 1 is 1.07 bits per heavy atom. The highest BCUT2D eigenvalue weighted by molar-refractivity contribution is 5.72. The van der Waals surface area contributed by atoms with Crippen LogP contribution in [0.2, 0.25) is 0 Å². The number of carbonyl (C=O) groups is 2. The molecule has 0 aliphatic rings. The van der Waals surface area contributed by atoms with Crippen LogP contribution in [0.4, 0.5) is 4.79 Å². The van der Waals surface area contributed by atoms with Gasteiger partial charge in [-0.15, -0.1) is 0 Å². The Kier molecular flexibility index (Phi) is 11.1. The molecular weight excluding hydrogens is 374 g/mol. The maximum atomic E-state index is 12.3. The molecule has 0 fully saturated rings. The Hall–Kier alpha value is -2.28. The van der Waals surface area contributed by atoms with Crippen molar-refractivity contribution < 1.29 is 28.9 Å². The van der Waals surface area contributed by atoms with Gasteiger partial charge in [-0.05, 0) is 50.8 Å². The molecule has 1 rings (SSSR count). The van der Waals surface area contributed by atoms with Gasteiger partial charge in [0.1, 0.15) is 12.4 Å². The number of hydrogen-bond acceptors (Lipinski definition) is 5. The summed E-state index contributed by atoms with van der Waals surface area (Å²) in [5.74, 6) is 0.184. The van der Waals surface area contributed by atoms with E-state index in [1.165, 1.54) is 0 Å². The smallest absolute Gasteiger partial charge is 0.410 e. The fraction of sp³-hybridized carbons (Fsp3) is 0.636. The number of carboxylic acids is 1. The van der Waals surface area contributed by atoms with Gasteiger partial charge in [-0.25, -0.2) is 9.59 Å². The third-order valence-electron chi connectivity index (χ3n) is 4.19. The van der Waals surface area contributed by atoms with E-state index >= 15 is 0 Å². The van der Waals surface area contributed by atoms with Crippen molar-refractivity contribution >= 4 is 12.1 Å². The normalized spacial score (nSPS) is 12.1. The molecule has 0 aliphatic heterocycles. The number of carbonyl (C=O) groups excluding carboxylic acids is 1. The molecule has 1 atom stereocenters. The summed E-state index contributed by atoms with van der Waals surface area (Å²) in [6.45, 7) is 11.4. The summed E-state index contributed by atoms with van der Waals surface area (Å²) in [6, 6.07) is 7.25. The van der Waals surface area contributed by atoms with Crippen molar-refractivity contribution in [3.8, 4) is 5.75 Å². The maximum absolute atomic E-state index is 12.3. The third-order valence-corrected chi connectivity index (χ3v) is 4.19. The molecule has 0 saturated carbocycles. The van der Waals surface area contributed by atoms with Gasteiger partial charge in [-0.1, -0.05) is 26.0 Å². The largest absolute Gasteiger partial charge is 0.492 e. The zero-order valence-electron chi connectivity index (χ0n) is 18.2. The second-order valence-electron chi connectivity index (χ2n) is 7.58. The first-order chi connectivity index (χ1) is 13.7. The molecule has 0 radical (unpaired) electrons. The minimum Gasteiger partial charge on any atom is -0.492 e. The number of hydrogen-bond donors (Lipinski definition) is 1. The first-order valence-electron chi connectivity index (χ1n) is 10.2. The van der Waals surface area contributed by atoms with Gasteiger partial charge in [0.25, 0.3) is 0 Å². The molecule has 0 heterocycles. The van der Waals surface area contributed by atoms with Crippen LogP contribution < -0.4 is 4.74 Å². The van der Waals surface area contributed by atoms with Gasteiger partial charge in [0.05, 0.1) is 12.6 Å². The zero-order valence-corrected chi connectivity index (χ0v) is 18.2. The highest BCUT2D eigenvalue weighted by atomic mass is 16.6. The van der Waals surface area contributed by atoms with E-state index in [4.69, 9.17) is 14.2 Å². The van der Waals surface area contributed by atoms with Crippen LogP contribution in [0.25, 0.3) is 0 Å². The van der Waals surface area contributed by atoms with Crippen LogP contribution in [0.1, 0.15) is 46.6 Å². The van der Waals surface area contributed by atoms with Crippen LogP contribution in [0, 0.1) is 5.92 Å². The molecule has 1 N–H and O–H groups in total. The van der Waals surface area contributed by atoms with E-state index < -0.39 is 12.1 Å². The van der Waals surface area contributed by atoms with E-state index in [2.05, 4.69) is 13.8 Å². The SMILES string of the molecule is CCOC(Cc1ccc(OCCN(CCC(C)C)C(=O)OC(C)C)cc1)C(=O)O. The van der Waals surface area contributed by atoms with E-state index in [-0.39, 0.29) is 12.2 Å². The van der Waals surface area contributed by atoms with Gasteiger partial charge < -0.3 is 24.2 Å². The number of rotatable bonds is 13. The summed E-state index contributed by atoms with van der Waals surface area (Å²) in [7, 11) is 0. The Morgan fingerprint density at radius 2 is 1.72 bits per heavy atom. The molecule has 1 aromatic rings. The monoisotopic (exact) mass is 409 g/mol. The van der Waals surface area contributed by atoms with Gasteiger partial charge in [0.2, 0.25) is 0 Å². The lowest BCUT2D eigenvalue weighted by atomic mass is 10.1. The van der Waals surface area contributed by atoms with E-state index in [0.29, 0.717) is 44.4 Å². The topological polar surface area (TPSA) is 85.3 Å². The molecule has 7 heteroatoms. The van der Waals surface area contributed by atoms with Gasteiger partial charge in [0.15, 0.2) is 6.10 Å². The molecule has 1 unspecified atom stereocenters. The lowest BCUT2D eigenvalue weighted by Gasteiger charge is -2.24. The standard InChI is InChI=1S/C22H35NO6/c1-6-27-20(21(24)25)15-18-7-9-19(10-8-18)28-14-13-23(12-11-16(2)3)22(26)29-17(4)5/h7-10,16-17,20H,6,11-15H2,1-5H3,(H,24,25). The second-order valence-corrected chi connectivity index (χ2v) is 7.58. The average molecular weight is 410 g/mol. The zero-order chi connectivity index (χ0) is 21.8. The van der Waals surface area contributed by atoms with Gasteiger partial charge in [-0.2, -0.15) is 0 Å². The van der Waals surface area contributed by atoms with Crippen molar-refractivity contribution in [3.63, 3.8) is 0 Å². The molecule has 0 bridgehead atoms. The summed E-state index contributed by atoms with van der Waals surface area (Å²) < 4.78 is 16.3. The molecular formula is C22H35NO6. The van der Waals surface area contributed by atoms with Crippen molar-refractivity contribution in [1.82, 2.24) is 4.90 Å². The van der Waals surface area contributed by atoms with Crippen molar-refractivity contribution in [3.05, 3.63) is 29.8 Å². The fourth-order valence-corrected chi connectivity index (χ4v) is 2.61. The Labute approximate surface area is 173 Å². The average Bonchev–Trinajstić information content (AvgIpc) is 2.64. The number of nitrogens with zero attached hydrogens (tertiary/aromatic N) is 1. The highest BCUT2D eigenvalue weighted by Gasteiger charge is 2.18. The van der Waals surface area contributed by atoms with Crippen molar-refractivity contribution in [2.45, 2.75) is 59.7 Å². The number of amides is 1. The van der Waals surface area contributed by atoms with E-state index in [0.717, 1.165) is 12.0 Å². The van der Waals surface area contributed by atoms with Crippen LogP contribution in [-0.2, 0) is 20.7 Å². The van der Waals surface area contributed by atoms with Crippen molar-refractivity contribution in [2.24, 2.45) is 5.92 Å². The van der Waals surface area contributed by atoms with Crippen molar-refractivity contribution in [2.75, 3.05) is 26.3 Å². The number of aliphatic carboxylic acids is 1. The van der Waals surface area contributed by atoms with Gasteiger partial charge in [0, 0.05) is 19.6 Å². The predicted octanol–water partition coefficient (Wildman–Crippen LogP) is 3.99. The first-order valence-corrected chi connectivity index (χ1v) is 10.2. The molecule has 0 aliphatic carbocycles. The van der Waals surface area contributed by atoms with E-state index in [9.17, 15) is 14.7 Å².